The summed E-state index contributed by atoms with van der Waals surface area (Å²) in [4.78, 5) is 4.40. The summed E-state index contributed by atoms with van der Waals surface area (Å²) in [5.41, 5.74) is 1.08. The first-order valence-electron chi connectivity index (χ1n) is 5.17. The molecule has 1 unspecified atom stereocenters. The summed E-state index contributed by atoms with van der Waals surface area (Å²) in [5, 5.41) is 3.29. The molecular formula is C12H20N2O. The van der Waals surface area contributed by atoms with E-state index in [4.69, 9.17) is 4.74 Å². The second-order valence-electron chi connectivity index (χ2n) is 4.68. The average Bonchev–Trinajstić information content (AvgIpc) is 2.17. The molecular weight excluding hydrogens is 188 g/mol. The molecule has 1 N–H and O–H groups in total. The monoisotopic (exact) mass is 208 g/mol. The van der Waals surface area contributed by atoms with Gasteiger partial charge in [0.2, 0.25) is 0 Å². The van der Waals surface area contributed by atoms with Crippen LogP contribution in [0.2, 0.25) is 0 Å². The molecule has 1 atom stereocenters. The van der Waals surface area contributed by atoms with Crippen LogP contribution in [0, 0.1) is 5.41 Å². The van der Waals surface area contributed by atoms with Crippen LogP contribution in [-0.2, 0) is 0 Å². The topological polar surface area (TPSA) is 34.2 Å². The van der Waals surface area contributed by atoms with Crippen molar-refractivity contribution in [3.05, 3.63) is 24.0 Å². The Morgan fingerprint density at radius 3 is 2.53 bits per heavy atom. The van der Waals surface area contributed by atoms with Crippen LogP contribution >= 0.6 is 0 Å². The Hall–Kier alpha value is -1.09. The maximum absolute atomic E-state index is 5.32. The highest BCUT2D eigenvalue weighted by molar-refractivity contribution is 5.30. The molecule has 0 aliphatic rings. The molecule has 0 aliphatic heterocycles. The normalized spacial score (nSPS) is 13.7. The first kappa shape index (κ1) is 12.0. The minimum Gasteiger partial charge on any atom is -0.495 e. The lowest BCUT2D eigenvalue weighted by molar-refractivity contribution is 0.271. The van der Waals surface area contributed by atoms with Gasteiger partial charge in [-0.25, -0.2) is 0 Å². The summed E-state index contributed by atoms with van der Waals surface area (Å²) in [6.45, 7) is 6.55. The molecule has 0 fully saturated rings. The largest absolute Gasteiger partial charge is 0.495 e. The van der Waals surface area contributed by atoms with E-state index >= 15 is 0 Å². The summed E-state index contributed by atoms with van der Waals surface area (Å²) in [6.07, 6.45) is 1.80. The van der Waals surface area contributed by atoms with Crippen molar-refractivity contribution in [3.63, 3.8) is 0 Å². The summed E-state index contributed by atoms with van der Waals surface area (Å²) >= 11 is 0. The number of ether oxygens (including phenoxy) is 1. The molecule has 3 nitrogen and oxygen atoms in total. The fraction of sp³-hybridized carbons (Fsp3) is 0.583. The van der Waals surface area contributed by atoms with E-state index in [2.05, 4.69) is 31.1 Å². The zero-order chi connectivity index (χ0) is 11.5. The number of rotatable bonds is 3. The third kappa shape index (κ3) is 2.69. The lowest BCUT2D eigenvalue weighted by atomic mass is 9.84. The van der Waals surface area contributed by atoms with Gasteiger partial charge in [-0.15, -0.1) is 0 Å². The molecule has 0 radical (unpaired) electrons. The van der Waals surface area contributed by atoms with Gasteiger partial charge in [0, 0.05) is 6.20 Å². The number of nitrogens with one attached hydrogen (secondary N) is 1. The van der Waals surface area contributed by atoms with Gasteiger partial charge in [-0.3, -0.25) is 4.98 Å². The van der Waals surface area contributed by atoms with Crippen LogP contribution in [0.1, 0.15) is 32.5 Å². The molecule has 0 spiro atoms. The zero-order valence-corrected chi connectivity index (χ0v) is 10.2. The van der Waals surface area contributed by atoms with Gasteiger partial charge in [0.1, 0.15) is 5.75 Å². The number of methoxy groups -OCH3 is 1. The second kappa shape index (κ2) is 4.62. The minimum atomic E-state index is 0.108. The third-order valence-corrected chi connectivity index (χ3v) is 2.45. The number of hydrogen-bond acceptors (Lipinski definition) is 3. The summed E-state index contributed by atoms with van der Waals surface area (Å²) in [5.74, 6) is 0.840. The van der Waals surface area contributed by atoms with Gasteiger partial charge in [-0.2, -0.15) is 0 Å². The van der Waals surface area contributed by atoms with Crippen LogP contribution < -0.4 is 10.1 Å². The van der Waals surface area contributed by atoms with E-state index in [0.717, 1.165) is 11.4 Å². The lowest BCUT2D eigenvalue weighted by Gasteiger charge is -2.30. The highest BCUT2D eigenvalue weighted by Crippen LogP contribution is 2.35. The maximum Gasteiger partial charge on any atom is 0.142 e. The lowest BCUT2D eigenvalue weighted by Crippen LogP contribution is -2.30. The molecule has 1 heterocycles. The third-order valence-electron chi connectivity index (χ3n) is 2.45. The van der Waals surface area contributed by atoms with E-state index < -0.39 is 0 Å². The van der Waals surface area contributed by atoms with Gasteiger partial charge in [0.05, 0.1) is 18.8 Å². The van der Waals surface area contributed by atoms with Crippen LogP contribution in [0.25, 0.3) is 0 Å². The van der Waals surface area contributed by atoms with E-state index in [1.165, 1.54) is 0 Å². The molecule has 0 saturated carbocycles. The van der Waals surface area contributed by atoms with Gasteiger partial charge < -0.3 is 10.1 Å². The van der Waals surface area contributed by atoms with Crippen LogP contribution in [0.5, 0.6) is 5.75 Å². The van der Waals surface area contributed by atoms with Crippen molar-refractivity contribution in [1.29, 1.82) is 0 Å². The Balaban J connectivity index is 3.12. The Bertz CT molecular complexity index is 318. The fourth-order valence-electron chi connectivity index (χ4n) is 1.77. The van der Waals surface area contributed by atoms with Crippen LogP contribution in [0.4, 0.5) is 0 Å². The van der Waals surface area contributed by atoms with Gasteiger partial charge >= 0.3 is 0 Å². The first-order chi connectivity index (χ1) is 7.00. The molecule has 3 heteroatoms. The Kier molecular flexibility index (Phi) is 3.69. The zero-order valence-electron chi connectivity index (χ0n) is 10.2. The molecule has 15 heavy (non-hydrogen) atoms. The van der Waals surface area contributed by atoms with Crippen molar-refractivity contribution in [2.24, 2.45) is 5.41 Å². The van der Waals surface area contributed by atoms with E-state index in [1.807, 2.05) is 19.2 Å². The maximum atomic E-state index is 5.32. The van der Waals surface area contributed by atoms with Gasteiger partial charge in [-0.1, -0.05) is 20.8 Å². The SMILES string of the molecule is CNC(c1ncccc1OC)C(C)(C)C. The van der Waals surface area contributed by atoms with Crippen molar-refractivity contribution in [3.8, 4) is 5.75 Å². The highest BCUT2D eigenvalue weighted by atomic mass is 16.5. The predicted octanol–water partition coefficient (Wildman–Crippen LogP) is 2.40. The van der Waals surface area contributed by atoms with E-state index in [9.17, 15) is 0 Å². The molecule has 0 aliphatic carbocycles. The van der Waals surface area contributed by atoms with E-state index in [1.54, 1.807) is 13.3 Å². The van der Waals surface area contributed by atoms with Crippen molar-refractivity contribution in [2.45, 2.75) is 26.8 Å². The number of hydrogen-bond donors (Lipinski definition) is 1. The van der Waals surface area contributed by atoms with Crippen molar-refractivity contribution in [2.75, 3.05) is 14.2 Å². The molecule has 0 amide bonds. The molecule has 0 saturated heterocycles. The van der Waals surface area contributed by atoms with Crippen LogP contribution in [0.3, 0.4) is 0 Å². The van der Waals surface area contributed by atoms with Crippen LogP contribution in [-0.4, -0.2) is 19.1 Å². The van der Waals surface area contributed by atoms with E-state index in [-0.39, 0.29) is 11.5 Å². The molecule has 0 aromatic carbocycles. The minimum absolute atomic E-state index is 0.108. The second-order valence-corrected chi connectivity index (χ2v) is 4.68. The molecule has 1 aromatic rings. The Morgan fingerprint density at radius 1 is 1.40 bits per heavy atom. The quantitative estimate of drug-likeness (QED) is 0.828. The van der Waals surface area contributed by atoms with Crippen molar-refractivity contribution >= 4 is 0 Å². The predicted molar refractivity (Wildman–Crippen MR) is 62.0 cm³/mol. The fourth-order valence-corrected chi connectivity index (χ4v) is 1.77. The van der Waals surface area contributed by atoms with Crippen molar-refractivity contribution in [1.82, 2.24) is 10.3 Å². The molecule has 1 aromatic heterocycles. The standard InChI is InChI=1S/C12H20N2O/c1-12(2,3)11(13-4)10-9(15-5)7-6-8-14-10/h6-8,11,13H,1-5H3. The number of nitrogens with zero attached hydrogens (tertiary/aromatic N) is 1. The molecule has 1 rings (SSSR count). The van der Waals surface area contributed by atoms with Gasteiger partial charge in [0.25, 0.3) is 0 Å². The smallest absolute Gasteiger partial charge is 0.142 e. The Morgan fingerprint density at radius 2 is 2.07 bits per heavy atom. The Labute approximate surface area is 91.9 Å². The molecule has 84 valence electrons. The summed E-state index contributed by atoms with van der Waals surface area (Å²) < 4.78 is 5.32. The average molecular weight is 208 g/mol. The van der Waals surface area contributed by atoms with E-state index in [0.29, 0.717) is 0 Å². The number of aromatic nitrogens is 1. The van der Waals surface area contributed by atoms with Gasteiger partial charge in [-0.05, 0) is 24.6 Å². The number of pyridine rings is 1. The summed E-state index contributed by atoms with van der Waals surface area (Å²) in [7, 11) is 3.62. The highest BCUT2D eigenvalue weighted by Gasteiger charge is 2.28. The summed E-state index contributed by atoms with van der Waals surface area (Å²) in [6, 6.07) is 4.02. The van der Waals surface area contributed by atoms with Crippen LogP contribution in [0.15, 0.2) is 18.3 Å². The van der Waals surface area contributed by atoms with Crippen molar-refractivity contribution < 1.29 is 4.74 Å². The first-order valence-corrected chi connectivity index (χ1v) is 5.17. The van der Waals surface area contributed by atoms with Gasteiger partial charge in [0.15, 0.2) is 0 Å². The molecule has 0 bridgehead atoms.